The van der Waals surface area contributed by atoms with Gasteiger partial charge in [0.2, 0.25) is 5.82 Å². The Morgan fingerprint density at radius 3 is 2.56 bits per heavy atom. The van der Waals surface area contributed by atoms with Gasteiger partial charge in [0.15, 0.2) is 5.69 Å². The average Bonchev–Trinajstić information content (AvgIpc) is 3.40. The van der Waals surface area contributed by atoms with Gasteiger partial charge in [-0.15, -0.1) is 0 Å². The van der Waals surface area contributed by atoms with Crippen LogP contribution in [-0.2, 0) is 11.5 Å². The van der Waals surface area contributed by atoms with E-state index < -0.39 is 8.07 Å². The molecular weight excluding hydrogens is 528 g/mol. The monoisotopic (exact) mass is 574 g/mol. The van der Waals surface area contributed by atoms with Gasteiger partial charge in [-0.05, 0) is 81.2 Å². The topological polar surface area (TPSA) is 96.1 Å². The molecule has 1 N–H and O–H groups in total. The lowest BCUT2D eigenvalue weighted by molar-refractivity contribution is 0.0808. The second-order valence-corrected chi connectivity index (χ2v) is 19.9. The van der Waals surface area contributed by atoms with Gasteiger partial charge in [0.05, 0.1) is 11.4 Å². The van der Waals surface area contributed by atoms with Gasteiger partial charge in [-0.3, -0.25) is 9.78 Å². The molecule has 3 aliphatic rings. The first-order valence-corrected chi connectivity index (χ1v) is 18.9. The van der Waals surface area contributed by atoms with Crippen LogP contribution < -0.4 is 5.32 Å². The molecule has 2 fully saturated rings. The minimum Gasteiger partial charge on any atom is -0.361 e. The van der Waals surface area contributed by atoms with E-state index in [1.54, 1.807) is 10.8 Å². The number of piperidine rings is 1. The van der Waals surface area contributed by atoms with Crippen LogP contribution in [0.4, 0.5) is 5.69 Å². The Morgan fingerprint density at radius 1 is 1.20 bits per heavy atom. The van der Waals surface area contributed by atoms with Gasteiger partial charge in [-0.25, -0.2) is 4.98 Å². The molecule has 2 atom stereocenters. The predicted molar refractivity (Wildman–Crippen MR) is 165 cm³/mol. The maximum atomic E-state index is 13.6. The molecule has 2 saturated heterocycles. The number of carbonyl (C=O) groups excluding carboxylic acids is 1. The van der Waals surface area contributed by atoms with Crippen LogP contribution in [0.5, 0.6) is 0 Å². The zero-order valence-corrected chi connectivity index (χ0v) is 26.7. The quantitative estimate of drug-likeness (QED) is 0.266. The first kappa shape index (κ1) is 29.7. The van der Waals surface area contributed by atoms with Gasteiger partial charge in [0.25, 0.3) is 5.91 Å². The molecule has 1 amide bonds. The fourth-order valence-electron chi connectivity index (χ4n) is 6.46. The van der Waals surface area contributed by atoms with E-state index in [1.165, 1.54) is 18.4 Å². The molecule has 1 aliphatic carbocycles. The summed E-state index contributed by atoms with van der Waals surface area (Å²) in [5.41, 5.74) is 4.39. The smallest absolute Gasteiger partial charge is 0.291 e. The zero-order valence-electron chi connectivity index (χ0n) is 25.7. The molecule has 41 heavy (non-hydrogen) atoms. The molecule has 2 unspecified atom stereocenters. The van der Waals surface area contributed by atoms with Crippen LogP contribution in [0.15, 0.2) is 24.4 Å². The summed E-state index contributed by atoms with van der Waals surface area (Å²) in [7, 11) is 1.03. The molecule has 9 heteroatoms. The summed E-state index contributed by atoms with van der Waals surface area (Å²) in [6.07, 6.45) is 11.7. The number of carbonyl (C=O) groups is 1. The van der Waals surface area contributed by atoms with Crippen molar-refractivity contribution in [3.8, 4) is 6.07 Å². The van der Waals surface area contributed by atoms with Crippen molar-refractivity contribution in [3.05, 3.63) is 47.3 Å². The van der Waals surface area contributed by atoms with Crippen molar-refractivity contribution in [2.24, 2.45) is 5.41 Å². The van der Waals surface area contributed by atoms with Gasteiger partial charge in [0, 0.05) is 44.6 Å². The molecule has 5 rings (SSSR count). The molecule has 2 aromatic rings. The Kier molecular flexibility index (Phi) is 8.56. The van der Waals surface area contributed by atoms with Crippen LogP contribution in [0.25, 0.3) is 5.57 Å². The number of aromatic nitrogens is 3. The number of nitrogens with one attached hydrogen (secondary N) is 1. The number of hydrogen-bond donors (Lipinski definition) is 1. The van der Waals surface area contributed by atoms with Crippen LogP contribution in [0.3, 0.4) is 0 Å². The number of amides is 1. The van der Waals surface area contributed by atoms with Crippen molar-refractivity contribution >= 4 is 25.2 Å². The third-order valence-corrected chi connectivity index (χ3v) is 11.0. The highest BCUT2D eigenvalue weighted by molar-refractivity contribution is 6.76. The minimum atomic E-state index is -1.24. The molecule has 220 valence electrons. The van der Waals surface area contributed by atoms with Crippen molar-refractivity contribution in [1.82, 2.24) is 19.4 Å². The maximum Gasteiger partial charge on any atom is 0.291 e. The highest BCUT2D eigenvalue weighted by Crippen LogP contribution is 2.43. The summed E-state index contributed by atoms with van der Waals surface area (Å²) >= 11 is 0. The first-order valence-electron chi connectivity index (χ1n) is 15.2. The molecule has 0 aromatic carbocycles. The van der Waals surface area contributed by atoms with E-state index in [0.717, 1.165) is 49.5 Å². The summed E-state index contributed by atoms with van der Waals surface area (Å²) in [5.74, 6) is 0.263. The lowest BCUT2D eigenvalue weighted by atomic mass is 9.77. The Balaban J connectivity index is 1.40. The molecule has 4 heterocycles. The van der Waals surface area contributed by atoms with E-state index in [0.29, 0.717) is 30.3 Å². The van der Waals surface area contributed by atoms with E-state index in [9.17, 15) is 10.1 Å². The molecular formula is C32H46N6O2Si. The number of allylic oxidation sites excluding steroid dienone is 2. The van der Waals surface area contributed by atoms with Crippen molar-refractivity contribution in [2.75, 3.05) is 19.0 Å². The number of nitriles is 1. The number of anilines is 1. The third-order valence-electron chi connectivity index (χ3n) is 9.28. The Bertz CT molecular complexity index is 1340. The molecule has 2 bridgehead atoms. The number of pyridine rings is 1. The lowest BCUT2D eigenvalue weighted by Gasteiger charge is -2.36. The number of imidazole rings is 1. The Morgan fingerprint density at radius 2 is 1.93 bits per heavy atom. The summed E-state index contributed by atoms with van der Waals surface area (Å²) in [5, 5.41) is 12.6. The summed E-state index contributed by atoms with van der Waals surface area (Å²) in [4.78, 5) is 25.7. The van der Waals surface area contributed by atoms with Crippen molar-refractivity contribution in [2.45, 2.75) is 109 Å². The minimum absolute atomic E-state index is 0.176. The molecule has 0 spiro atoms. The van der Waals surface area contributed by atoms with Crippen molar-refractivity contribution < 1.29 is 9.53 Å². The summed E-state index contributed by atoms with van der Waals surface area (Å²) in [6, 6.07) is 8.50. The number of rotatable bonds is 9. The molecule has 8 nitrogen and oxygen atoms in total. The maximum absolute atomic E-state index is 13.6. The molecule has 0 saturated carbocycles. The average molecular weight is 575 g/mol. The fraction of sp³-hybridized carbons (Fsp3) is 0.625. The number of hydrogen-bond acceptors (Lipinski definition) is 6. The van der Waals surface area contributed by atoms with Crippen molar-refractivity contribution in [3.63, 3.8) is 0 Å². The van der Waals surface area contributed by atoms with Crippen molar-refractivity contribution in [1.29, 1.82) is 5.26 Å². The Labute approximate surface area is 246 Å². The van der Waals surface area contributed by atoms with Crippen LogP contribution in [0.2, 0.25) is 25.7 Å². The van der Waals surface area contributed by atoms with Gasteiger partial charge < -0.3 is 19.5 Å². The third kappa shape index (κ3) is 6.99. The highest BCUT2D eigenvalue weighted by atomic mass is 28.3. The van der Waals surface area contributed by atoms with E-state index in [-0.39, 0.29) is 29.6 Å². The van der Waals surface area contributed by atoms with Crippen LogP contribution in [-0.4, -0.2) is 59.2 Å². The summed E-state index contributed by atoms with van der Waals surface area (Å²) < 4.78 is 7.52. The normalized spacial score (nSPS) is 24.1. The Hall–Kier alpha value is -2.80. The largest absolute Gasteiger partial charge is 0.361 e. The zero-order chi connectivity index (χ0) is 29.4. The van der Waals surface area contributed by atoms with E-state index in [2.05, 4.69) is 73.9 Å². The standard InChI is InChI=1S/C32H46N6O2Si/c1-32(2)13-11-22(12-14-32)29-28(10-9-27(35-29)23-17-25-7-8-26(18-23)37(25)3)36-31(39)30-34-24(19-33)20-38(30)21-40-15-16-41(4,5)6/h9-11,20,23,25-26H,7-8,12-18,21H2,1-6H3,(H,36,39). The van der Waals surface area contributed by atoms with Gasteiger partial charge in [-0.2, -0.15) is 5.26 Å². The van der Waals surface area contributed by atoms with Crippen LogP contribution in [0.1, 0.15) is 92.4 Å². The second kappa shape index (κ2) is 11.8. The second-order valence-electron chi connectivity index (χ2n) is 14.3. The fourth-order valence-corrected chi connectivity index (χ4v) is 7.22. The van der Waals surface area contributed by atoms with Gasteiger partial charge in [-0.1, -0.05) is 39.6 Å². The van der Waals surface area contributed by atoms with Gasteiger partial charge in [0.1, 0.15) is 12.8 Å². The van der Waals surface area contributed by atoms with E-state index in [4.69, 9.17) is 9.72 Å². The molecule has 2 aromatic heterocycles. The van der Waals surface area contributed by atoms with E-state index in [1.807, 2.05) is 6.07 Å². The first-order chi connectivity index (χ1) is 19.4. The van der Waals surface area contributed by atoms with Crippen LogP contribution in [0, 0.1) is 16.7 Å². The number of ether oxygens (including phenoxy) is 1. The lowest BCUT2D eigenvalue weighted by Crippen LogP contribution is -2.39. The summed E-state index contributed by atoms with van der Waals surface area (Å²) in [6.45, 7) is 12.3. The molecule has 0 radical (unpaired) electrons. The predicted octanol–water partition coefficient (Wildman–Crippen LogP) is 6.65. The molecule has 2 aliphatic heterocycles. The number of fused-ring (bicyclic) bond motifs is 2. The van der Waals surface area contributed by atoms with Crippen LogP contribution >= 0.6 is 0 Å². The van der Waals surface area contributed by atoms with E-state index >= 15 is 0 Å². The SMILES string of the molecule is CN1C2CCC1CC(c1ccc(NC(=O)c3nc(C#N)cn3COCC[Si](C)(C)C)c(C3=CCC(C)(C)CC3)n1)C2. The highest BCUT2D eigenvalue weighted by Gasteiger charge is 2.39. The number of nitrogens with zero attached hydrogens (tertiary/aromatic N) is 5. The van der Waals surface area contributed by atoms with Gasteiger partial charge >= 0.3 is 0 Å².